The van der Waals surface area contributed by atoms with E-state index in [4.69, 9.17) is 0 Å². The Labute approximate surface area is 97.3 Å². The Kier molecular flexibility index (Phi) is 2.96. The maximum atomic E-state index is 4.29. The Hall–Kier alpha value is -0.830. The fraction of sp³-hybridized carbons (Fsp3) is 0.769. The van der Waals surface area contributed by atoms with Crippen LogP contribution in [0.2, 0.25) is 0 Å². The summed E-state index contributed by atoms with van der Waals surface area (Å²) in [6.07, 6.45) is 13.4. The van der Waals surface area contributed by atoms with Crippen LogP contribution in [0.1, 0.15) is 50.3 Å². The molecule has 3 rings (SSSR count). The van der Waals surface area contributed by atoms with Crippen molar-refractivity contribution in [1.29, 1.82) is 0 Å². The van der Waals surface area contributed by atoms with Gasteiger partial charge in [0.25, 0.3) is 0 Å². The number of piperidine rings is 1. The van der Waals surface area contributed by atoms with Gasteiger partial charge in [0, 0.05) is 24.0 Å². The van der Waals surface area contributed by atoms with Crippen molar-refractivity contribution < 1.29 is 0 Å². The average molecular weight is 219 g/mol. The van der Waals surface area contributed by atoms with Crippen LogP contribution in [0, 0.1) is 0 Å². The molecule has 2 aliphatic rings. The monoisotopic (exact) mass is 219 g/mol. The second-order valence-electron chi connectivity index (χ2n) is 5.21. The smallest absolute Gasteiger partial charge is 0.0950 e. The molecule has 1 aliphatic heterocycles. The van der Waals surface area contributed by atoms with Crippen molar-refractivity contribution in [3.05, 3.63) is 18.2 Å². The highest BCUT2D eigenvalue weighted by molar-refractivity contribution is 5.04. The van der Waals surface area contributed by atoms with E-state index in [0.717, 1.165) is 12.1 Å². The highest BCUT2D eigenvalue weighted by Crippen LogP contribution is 2.35. The molecule has 16 heavy (non-hydrogen) atoms. The van der Waals surface area contributed by atoms with E-state index in [0.29, 0.717) is 0 Å². The summed E-state index contributed by atoms with van der Waals surface area (Å²) in [6, 6.07) is 1.52. The number of aryl methyl sites for hydroxylation is 1. The van der Waals surface area contributed by atoms with Gasteiger partial charge < -0.3 is 9.88 Å². The molecule has 0 aromatic carbocycles. The third-order valence-corrected chi connectivity index (χ3v) is 3.85. The standard InChI is InChI=1S/C13H21N3/c1-2-8-15-11(3-1)4-5-13-9-14-10-16(13)12-6-7-12/h9-12,15H,1-8H2. The first-order chi connectivity index (χ1) is 7.93. The highest BCUT2D eigenvalue weighted by Gasteiger charge is 2.25. The summed E-state index contributed by atoms with van der Waals surface area (Å²) < 4.78 is 2.39. The van der Waals surface area contributed by atoms with Gasteiger partial charge in [-0.1, -0.05) is 6.42 Å². The predicted octanol–water partition coefficient (Wildman–Crippen LogP) is 2.29. The Morgan fingerprint density at radius 2 is 2.25 bits per heavy atom. The predicted molar refractivity (Wildman–Crippen MR) is 64.5 cm³/mol. The maximum absolute atomic E-state index is 4.29. The van der Waals surface area contributed by atoms with Gasteiger partial charge in [-0.05, 0) is 45.1 Å². The molecular formula is C13H21N3. The van der Waals surface area contributed by atoms with Gasteiger partial charge in [-0.25, -0.2) is 4.98 Å². The van der Waals surface area contributed by atoms with Gasteiger partial charge in [0.1, 0.15) is 0 Å². The van der Waals surface area contributed by atoms with Gasteiger partial charge in [0.05, 0.1) is 6.33 Å². The fourth-order valence-corrected chi connectivity index (χ4v) is 2.70. The van der Waals surface area contributed by atoms with Crippen LogP contribution in [-0.4, -0.2) is 22.1 Å². The number of nitrogens with zero attached hydrogens (tertiary/aromatic N) is 2. The molecule has 0 bridgehead atoms. The van der Waals surface area contributed by atoms with E-state index >= 15 is 0 Å². The lowest BCUT2D eigenvalue weighted by molar-refractivity contribution is 0.380. The molecule has 1 N–H and O–H groups in total. The maximum Gasteiger partial charge on any atom is 0.0950 e. The van der Waals surface area contributed by atoms with Gasteiger partial charge in [-0.15, -0.1) is 0 Å². The zero-order valence-electron chi connectivity index (χ0n) is 9.86. The first-order valence-corrected chi connectivity index (χ1v) is 6.67. The first-order valence-electron chi connectivity index (χ1n) is 6.67. The van der Waals surface area contributed by atoms with E-state index in [1.54, 1.807) is 0 Å². The van der Waals surface area contributed by atoms with Crippen LogP contribution >= 0.6 is 0 Å². The molecule has 88 valence electrons. The van der Waals surface area contributed by atoms with E-state index in [2.05, 4.69) is 21.1 Å². The van der Waals surface area contributed by atoms with Crippen molar-refractivity contribution in [3.63, 3.8) is 0 Å². The molecule has 1 aromatic heterocycles. The second-order valence-corrected chi connectivity index (χ2v) is 5.21. The summed E-state index contributed by atoms with van der Waals surface area (Å²) >= 11 is 0. The van der Waals surface area contributed by atoms with Crippen LogP contribution in [0.4, 0.5) is 0 Å². The van der Waals surface area contributed by atoms with Crippen LogP contribution in [0.5, 0.6) is 0 Å². The minimum Gasteiger partial charge on any atom is -0.332 e. The van der Waals surface area contributed by atoms with Crippen LogP contribution in [-0.2, 0) is 6.42 Å². The van der Waals surface area contributed by atoms with Gasteiger partial charge in [-0.3, -0.25) is 0 Å². The average Bonchev–Trinajstić information content (AvgIpc) is 3.07. The Bertz CT molecular complexity index is 335. The second kappa shape index (κ2) is 4.58. The number of rotatable bonds is 4. The van der Waals surface area contributed by atoms with Crippen LogP contribution in [0.25, 0.3) is 0 Å². The molecule has 2 fully saturated rings. The van der Waals surface area contributed by atoms with Gasteiger partial charge in [0.2, 0.25) is 0 Å². The summed E-state index contributed by atoms with van der Waals surface area (Å²) in [6.45, 7) is 1.21. The Balaban J connectivity index is 1.54. The molecule has 2 heterocycles. The lowest BCUT2D eigenvalue weighted by atomic mass is 10.00. The number of nitrogens with one attached hydrogen (secondary N) is 1. The molecular weight excluding hydrogens is 198 g/mol. The summed E-state index contributed by atoms with van der Waals surface area (Å²) in [5.74, 6) is 0. The van der Waals surface area contributed by atoms with E-state index < -0.39 is 0 Å². The molecule has 0 radical (unpaired) electrons. The van der Waals surface area contributed by atoms with E-state index in [9.17, 15) is 0 Å². The topological polar surface area (TPSA) is 29.9 Å². The third-order valence-electron chi connectivity index (χ3n) is 3.85. The van der Waals surface area contributed by atoms with Crippen molar-refractivity contribution in [2.75, 3.05) is 6.54 Å². The lowest BCUT2D eigenvalue weighted by Crippen LogP contribution is -2.34. The summed E-state index contributed by atoms with van der Waals surface area (Å²) in [5, 5.41) is 3.62. The quantitative estimate of drug-likeness (QED) is 0.842. The van der Waals surface area contributed by atoms with Crippen molar-refractivity contribution >= 4 is 0 Å². The van der Waals surface area contributed by atoms with Crippen molar-refractivity contribution in [1.82, 2.24) is 14.9 Å². The van der Waals surface area contributed by atoms with Crippen molar-refractivity contribution in [3.8, 4) is 0 Å². The Morgan fingerprint density at radius 1 is 1.31 bits per heavy atom. The Morgan fingerprint density at radius 3 is 3.00 bits per heavy atom. The largest absolute Gasteiger partial charge is 0.332 e. The molecule has 1 saturated heterocycles. The minimum absolute atomic E-state index is 0.747. The van der Waals surface area contributed by atoms with Crippen LogP contribution in [0.15, 0.2) is 12.5 Å². The summed E-state index contributed by atoms with van der Waals surface area (Å²) in [7, 11) is 0. The van der Waals surface area contributed by atoms with Gasteiger partial charge >= 0.3 is 0 Å². The number of hydrogen-bond donors (Lipinski definition) is 1. The fourth-order valence-electron chi connectivity index (χ4n) is 2.70. The number of hydrogen-bond acceptors (Lipinski definition) is 2. The van der Waals surface area contributed by atoms with E-state index in [1.807, 2.05) is 6.33 Å². The summed E-state index contributed by atoms with van der Waals surface area (Å²) in [5.41, 5.74) is 1.44. The molecule has 0 amide bonds. The number of imidazole rings is 1. The molecule has 0 spiro atoms. The van der Waals surface area contributed by atoms with Crippen LogP contribution in [0.3, 0.4) is 0 Å². The zero-order valence-corrected chi connectivity index (χ0v) is 9.86. The lowest BCUT2D eigenvalue weighted by Gasteiger charge is -2.23. The third kappa shape index (κ3) is 2.29. The van der Waals surface area contributed by atoms with Gasteiger partial charge in [0.15, 0.2) is 0 Å². The van der Waals surface area contributed by atoms with E-state index in [1.165, 1.54) is 57.2 Å². The zero-order chi connectivity index (χ0) is 10.8. The normalized spacial score (nSPS) is 25.9. The van der Waals surface area contributed by atoms with Crippen molar-refractivity contribution in [2.24, 2.45) is 0 Å². The SMILES string of the molecule is c1ncn(C2CC2)c1CCC1CCCCN1. The molecule has 1 atom stereocenters. The molecule has 1 saturated carbocycles. The molecule has 1 unspecified atom stereocenters. The number of aromatic nitrogens is 2. The van der Waals surface area contributed by atoms with Crippen LogP contribution < -0.4 is 5.32 Å². The first kappa shape index (κ1) is 10.3. The van der Waals surface area contributed by atoms with E-state index in [-0.39, 0.29) is 0 Å². The van der Waals surface area contributed by atoms with Gasteiger partial charge in [-0.2, -0.15) is 0 Å². The highest BCUT2D eigenvalue weighted by atomic mass is 15.1. The molecule has 3 nitrogen and oxygen atoms in total. The molecule has 3 heteroatoms. The summed E-state index contributed by atoms with van der Waals surface area (Å²) in [4.78, 5) is 4.29. The molecule has 1 aromatic rings. The minimum atomic E-state index is 0.747. The van der Waals surface area contributed by atoms with Crippen molar-refractivity contribution in [2.45, 2.75) is 57.0 Å². The molecule has 1 aliphatic carbocycles.